The van der Waals surface area contributed by atoms with Crippen molar-refractivity contribution in [1.82, 2.24) is 13.1 Å². The molecule has 5 aromatic carbocycles. The van der Waals surface area contributed by atoms with Crippen molar-refractivity contribution in [2.75, 3.05) is 22.6 Å². The fraction of sp³-hybridized carbons (Fsp3) is 0.143. The summed E-state index contributed by atoms with van der Waals surface area (Å²) in [6.07, 6.45) is 0. The van der Waals surface area contributed by atoms with E-state index in [1.165, 1.54) is 26.9 Å². The molecule has 1 aliphatic heterocycles. The third kappa shape index (κ3) is 5.55. The van der Waals surface area contributed by atoms with Crippen LogP contribution in [0.25, 0.3) is 0 Å². The number of hydrogen-bond acceptors (Lipinski definition) is 5. The summed E-state index contributed by atoms with van der Waals surface area (Å²) in [6, 6.07) is 57.1. The molecule has 5 aromatic rings. The molecule has 0 aliphatic carbocycles. The van der Waals surface area contributed by atoms with Gasteiger partial charge in [-0.15, -0.1) is 0 Å². The molecule has 0 radical (unpaired) electrons. The molecule has 1 aliphatic rings. The van der Waals surface area contributed by atoms with Crippen molar-refractivity contribution in [3.05, 3.63) is 152 Å². The van der Waals surface area contributed by atoms with E-state index in [-0.39, 0.29) is 0 Å². The second-order valence-corrected chi connectivity index (χ2v) is 30.6. The minimum absolute atomic E-state index is 0.702. The summed E-state index contributed by atoms with van der Waals surface area (Å²) in [6.45, 7) is 7.75. The summed E-state index contributed by atoms with van der Waals surface area (Å²) >= 11 is 0. The van der Waals surface area contributed by atoms with E-state index < -0.39 is 44.9 Å². The van der Waals surface area contributed by atoms with Crippen molar-refractivity contribution in [3.63, 3.8) is 0 Å². The van der Waals surface area contributed by atoms with Gasteiger partial charge in [-0.2, -0.15) is 0 Å². The van der Waals surface area contributed by atoms with Crippen molar-refractivity contribution in [2.24, 2.45) is 0 Å². The van der Waals surface area contributed by atoms with Crippen LogP contribution in [-0.4, -0.2) is 67.4 Å². The van der Waals surface area contributed by atoms with Crippen LogP contribution in [-0.2, 0) is 0 Å². The lowest BCUT2D eigenvalue weighted by molar-refractivity contribution is 0.633. The number of nitrogens with zero attached hydrogens (tertiary/aromatic N) is 4. The Morgan fingerprint density at radius 1 is 0.489 bits per heavy atom. The van der Waals surface area contributed by atoms with Crippen LogP contribution in [0.15, 0.2) is 152 Å². The number of nitrogens with one attached hydrogen (secondary N) is 1. The molecule has 1 fully saturated rings. The van der Waals surface area contributed by atoms with Crippen LogP contribution in [0.1, 0.15) is 0 Å². The average Bonchev–Trinajstić information content (AvgIpc) is 3.10. The van der Waals surface area contributed by atoms with Gasteiger partial charge in [-0.25, -0.2) is 0 Å². The Kier molecular flexibility index (Phi) is 9.27. The van der Waals surface area contributed by atoms with Gasteiger partial charge in [-0.05, 0) is 73.6 Å². The van der Waals surface area contributed by atoms with E-state index in [0.29, 0.717) is 0 Å². The Labute approximate surface area is 277 Å². The first kappa shape index (κ1) is 31.6. The van der Waals surface area contributed by atoms with Gasteiger partial charge in [0.1, 0.15) is 0 Å². The fourth-order valence-electron chi connectivity index (χ4n) is 7.07. The molecule has 5 nitrogen and oxygen atoms in total. The zero-order valence-corrected chi connectivity index (χ0v) is 33.0. The lowest BCUT2D eigenvalue weighted by Crippen LogP contribution is -2.93. The van der Waals surface area contributed by atoms with E-state index in [4.69, 9.17) is 0 Å². The predicted molar refractivity (Wildman–Crippen MR) is 207 cm³/mol. The van der Waals surface area contributed by atoms with Crippen molar-refractivity contribution in [2.45, 2.75) is 19.6 Å². The quantitative estimate of drug-likeness (QED) is 0.288. The lowest BCUT2D eigenvalue weighted by atomic mass is 10.3. The maximum Gasteiger partial charge on any atom is 0.316 e. The summed E-state index contributed by atoms with van der Waals surface area (Å²) in [5, 5.41) is 4.27. The molecule has 0 amide bonds. The maximum atomic E-state index is 4.22. The minimum atomic E-state index is -3.05. The van der Waals surface area contributed by atoms with Gasteiger partial charge in [0.15, 0.2) is 28.1 Å². The summed E-state index contributed by atoms with van der Waals surface area (Å²) in [5.41, 5.74) is 2.60. The third-order valence-electron chi connectivity index (χ3n) is 9.93. The van der Waals surface area contributed by atoms with Crippen LogP contribution in [0.5, 0.6) is 0 Å². The third-order valence-corrected chi connectivity index (χ3v) is 34.3. The highest BCUT2D eigenvalue weighted by Crippen LogP contribution is 2.36. The van der Waals surface area contributed by atoms with Crippen LogP contribution in [0.2, 0.25) is 19.6 Å². The van der Waals surface area contributed by atoms with Gasteiger partial charge >= 0.3 is 8.40 Å². The molecule has 1 heterocycles. The van der Waals surface area contributed by atoms with Gasteiger partial charge < -0.3 is 21.6 Å². The van der Waals surface area contributed by atoms with Crippen molar-refractivity contribution in [1.29, 1.82) is 0 Å². The first-order chi connectivity index (χ1) is 21.8. The van der Waals surface area contributed by atoms with E-state index in [1.807, 2.05) is 0 Å². The summed E-state index contributed by atoms with van der Waals surface area (Å²) in [7, 11) is -4.72. The monoisotopic (exact) mass is 675 g/mol. The Morgan fingerprint density at radius 2 is 0.889 bits per heavy atom. The summed E-state index contributed by atoms with van der Waals surface area (Å²) in [4.78, 5) is 0. The molecule has 1 atom stereocenters. The number of benzene rings is 5. The zero-order valence-electron chi connectivity index (χ0n) is 27.1. The molecule has 0 aromatic heterocycles. The predicted octanol–water partition coefficient (Wildman–Crippen LogP) is 3.40. The van der Waals surface area contributed by atoms with E-state index in [0.717, 1.165) is 0 Å². The highest BCUT2D eigenvalue weighted by molar-refractivity contribution is 7.21. The SMILES string of the molecule is CN1[SiH2]N[SiH2]N(c2ccccc2)[Si](c2ccccc2)(c2ccccc2)N(c2ccccc2)[Si](C)(c2ccccc2)N(C)[Si]1(C)C. The summed E-state index contributed by atoms with van der Waals surface area (Å²) in [5.74, 6) is 0. The van der Waals surface area contributed by atoms with Crippen LogP contribution in [0.3, 0.4) is 0 Å². The molecule has 1 saturated heterocycles. The lowest BCUT2D eigenvalue weighted by Gasteiger charge is -2.62. The van der Waals surface area contributed by atoms with E-state index in [9.17, 15) is 0 Å². The molecular weight excluding hydrogens is 631 g/mol. The van der Waals surface area contributed by atoms with Crippen molar-refractivity contribution < 1.29 is 0 Å². The number of anilines is 2. The highest BCUT2D eigenvalue weighted by Gasteiger charge is 2.61. The topological polar surface area (TPSA) is 25.0 Å². The molecular formula is C35H45N5Si5. The second-order valence-electron chi connectivity index (χ2n) is 12.5. The van der Waals surface area contributed by atoms with Crippen LogP contribution < -0.4 is 28.7 Å². The van der Waals surface area contributed by atoms with Gasteiger partial charge in [0.2, 0.25) is 0 Å². The molecule has 0 saturated carbocycles. The smallest absolute Gasteiger partial charge is 0.316 e. The Hall–Kier alpha value is -3.34. The van der Waals surface area contributed by atoms with Gasteiger partial charge in [-0.3, -0.25) is 0 Å². The Bertz CT molecular complexity index is 1630. The fourth-order valence-corrected chi connectivity index (χ4v) is 34.8. The summed E-state index contributed by atoms with van der Waals surface area (Å²) < 4.78 is 15.8. The van der Waals surface area contributed by atoms with E-state index in [2.05, 4.69) is 207 Å². The molecule has 45 heavy (non-hydrogen) atoms. The van der Waals surface area contributed by atoms with Gasteiger partial charge in [-0.1, -0.05) is 127 Å². The van der Waals surface area contributed by atoms with Crippen LogP contribution >= 0.6 is 0 Å². The zero-order chi connectivity index (χ0) is 31.5. The molecule has 1 unspecified atom stereocenters. The van der Waals surface area contributed by atoms with Gasteiger partial charge in [0.05, 0.1) is 0 Å². The minimum Gasteiger partial charge on any atom is -0.395 e. The largest absolute Gasteiger partial charge is 0.395 e. The first-order valence-electron chi connectivity index (χ1n) is 15.8. The van der Waals surface area contributed by atoms with E-state index in [1.54, 1.807) is 0 Å². The van der Waals surface area contributed by atoms with E-state index >= 15 is 0 Å². The molecule has 10 heteroatoms. The van der Waals surface area contributed by atoms with Gasteiger partial charge in [0.25, 0.3) is 8.40 Å². The van der Waals surface area contributed by atoms with Crippen molar-refractivity contribution in [3.8, 4) is 0 Å². The molecule has 230 valence electrons. The molecule has 0 spiro atoms. The Balaban J connectivity index is 1.85. The molecule has 0 bridgehead atoms. The average molecular weight is 676 g/mol. The normalized spacial score (nSPS) is 22.0. The standard InChI is InChI=1S/C35H45N5Si5/c1-37-41-36-42-39(31-21-11-6-12-22-31)45(34-27-17-9-18-28-34,35-29-19-10-20-30-35)40(32-23-13-7-14-24-32)44(5,38(2)43(37,3)4)33-25-15-8-16-26-33/h6-30,36H,41-42H2,1-5H3. The first-order valence-corrected chi connectivity index (χ1v) is 25.7. The van der Waals surface area contributed by atoms with Crippen LogP contribution in [0, 0.1) is 0 Å². The number of para-hydroxylation sites is 2. The highest BCUT2D eigenvalue weighted by atomic mass is 28.5. The van der Waals surface area contributed by atoms with Crippen LogP contribution in [0.4, 0.5) is 11.4 Å². The number of hydrogen-bond donors (Lipinski definition) is 1. The second kappa shape index (κ2) is 13.2. The maximum absolute atomic E-state index is 4.22. The Morgan fingerprint density at radius 3 is 1.36 bits per heavy atom. The number of rotatable bonds is 5. The molecule has 6 rings (SSSR count). The van der Waals surface area contributed by atoms with Gasteiger partial charge in [0, 0.05) is 11.4 Å². The molecule has 1 N–H and O–H groups in total. The van der Waals surface area contributed by atoms with Crippen molar-refractivity contribution >= 4 is 71.8 Å².